The number of unbranched alkanes of at least 4 members (excludes halogenated alkanes) is 1. The van der Waals surface area contributed by atoms with Crippen molar-refractivity contribution >= 4 is 26.9 Å². The number of rotatable bonds is 9. The average Bonchev–Trinajstić information content (AvgIpc) is 3.10. The molecule has 0 bridgehead atoms. The molecule has 3 aromatic rings. The summed E-state index contributed by atoms with van der Waals surface area (Å²) >= 11 is 0. The number of benzene rings is 1. The maximum atomic E-state index is 13.5. The molecule has 0 unspecified atom stereocenters. The van der Waals surface area contributed by atoms with Crippen molar-refractivity contribution in [1.82, 2.24) is 14.9 Å². The highest BCUT2D eigenvalue weighted by molar-refractivity contribution is 7.89. The molecule has 4 rings (SSSR count). The van der Waals surface area contributed by atoms with Gasteiger partial charge in [0.05, 0.1) is 16.1 Å². The Balaban J connectivity index is 1.39. The van der Waals surface area contributed by atoms with E-state index < -0.39 is 15.6 Å². The van der Waals surface area contributed by atoms with Crippen molar-refractivity contribution in [3.63, 3.8) is 0 Å². The van der Waals surface area contributed by atoms with Crippen LogP contribution < -0.4 is 4.72 Å². The van der Waals surface area contributed by atoms with Gasteiger partial charge in [0.25, 0.3) is 0 Å². The number of hydrogen-bond donors (Lipinski definition) is 1. The quantitative estimate of drug-likeness (QED) is 0.298. The number of hydrogen-bond acceptors (Lipinski definition) is 7. The molecule has 0 aliphatic heterocycles. The Labute approximate surface area is 212 Å². The standard InChI is InChI=1S/C27H35N3O5S/c1-17-26(18(2)35-29-17)20-15-23-22(10-8-12-28-23)24(16-20)36(32,33)30-21-13-19(14-21)9-6-7-11-25(31)34-27(3,4)5/h8,10,12,15-16,19,21,30H,6-7,9,11,13-14H2,1-5H3/t19-,21+. The SMILES string of the molecule is Cc1noc(C)c1-c1cc(S(=O)(=O)N[C@H]2C[C@@H](CCCCC(=O)OC(C)(C)C)C2)c2cccnc2c1. The minimum absolute atomic E-state index is 0.0969. The Hall–Kier alpha value is -2.78. The monoisotopic (exact) mass is 513 g/mol. The summed E-state index contributed by atoms with van der Waals surface area (Å²) in [6.45, 7) is 9.25. The molecule has 1 aliphatic carbocycles. The fourth-order valence-corrected chi connectivity index (χ4v) is 6.36. The lowest BCUT2D eigenvalue weighted by Crippen LogP contribution is -2.44. The molecule has 0 amide bonds. The third-order valence-electron chi connectivity index (χ3n) is 6.52. The van der Waals surface area contributed by atoms with Gasteiger partial charge in [-0.05, 0) is 89.6 Å². The maximum Gasteiger partial charge on any atom is 0.306 e. The number of nitrogens with one attached hydrogen (secondary N) is 1. The van der Waals surface area contributed by atoms with Gasteiger partial charge in [0.15, 0.2) is 0 Å². The molecule has 9 heteroatoms. The summed E-state index contributed by atoms with van der Waals surface area (Å²) in [7, 11) is -3.77. The minimum Gasteiger partial charge on any atom is -0.460 e. The van der Waals surface area contributed by atoms with Gasteiger partial charge in [-0.25, -0.2) is 13.1 Å². The Morgan fingerprint density at radius 3 is 2.61 bits per heavy atom. The fourth-order valence-electron chi connectivity index (χ4n) is 4.86. The van der Waals surface area contributed by atoms with Gasteiger partial charge in [0.1, 0.15) is 11.4 Å². The number of aryl methyl sites for hydroxylation is 2. The van der Waals surface area contributed by atoms with Crippen LogP contribution in [-0.4, -0.2) is 36.2 Å². The van der Waals surface area contributed by atoms with Crippen molar-refractivity contribution in [2.45, 2.75) is 89.7 Å². The number of aromatic nitrogens is 2. The molecule has 1 aromatic carbocycles. The van der Waals surface area contributed by atoms with Crippen LogP contribution in [-0.2, 0) is 19.6 Å². The number of nitrogens with zero attached hydrogens (tertiary/aromatic N) is 2. The lowest BCUT2D eigenvalue weighted by molar-refractivity contribution is -0.154. The zero-order valence-corrected chi connectivity index (χ0v) is 22.4. The Bertz CT molecular complexity index is 1330. The molecule has 0 atom stereocenters. The fraction of sp³-hybridized carbons (Fsp3) is 0.519. The molecule has 8 nitrogen and oxygen atoms in total. The first-order valence-corrected chi connectivity index (χ1v) is 14.0. The smallest absolute Gasteiger partial charge is 0.306 e. The van der Waals surface area contributed by atoms with Crippen molar-refractivity contribution in [1.29, 1.82) is 0 Å². The van der Waals surface area contributed by atoms with Gasteiger partial charge in [-0.15, -0.1) is 0 Å². The lowest BCUT2D eigenvalue weighted by Gasteiger charge is -2.35. The summed E-state index contributed by atoms with van der Waals surface area (Å²) < 4.78 is 40.5. The Kier molecular flexibility index (Phi) is 7.52. The molecular formula is C27H35N3O5S. The van der Waals surface area contributed by atoms with Crippen LogP contribution >= 0.6 is 0 Å². The molecule has 0 saturated heterocycles. The van der Waals surface area contributed by atoms with Gasteiger partial charge in [-0.1, -0.05) is 18.0 Å². The van der Waals surface area contributed by atoms with E-state index in [9.17, 15) is 13.2 Å². The Morgan fingerprint density at radius 2 is 1.94 bits per heavy atom. The van der Waals surface area contributed by atoms with Crippen LogP contribution in [0.25, 0.3) is 22.0 Å². The van der Waals surface area contributed by atoms with E-state index in [1.54, 1.807) is 24.4 Å². The van der Waals surface area contributed by atoms with E-state index in [0.717, 1.165) is 37.7 Å². The molecule has 1 aliphatic rings. The van der Waals surface area contributed by atoms with E-state index in [-0.39, 0.29) is 16.9 Å². The predicted molar refractivity (Wildman–Crippen MR) is 138 cm³/mol. The van der Waals surface area contributed by atoms with Crippen molar-refractivity contribution in [2.75, 3.05) is 0 Å². The number of sulfonamides is 1. The third kappa shape index (κ3) is 6.13. The van der Waals surface area contributed by atoms with Crippen LogP contribution in [0, 0.1) is 19.8 Å². The van der Waals surface area contributed by atoms with Gasteiger partial charge < -0.3 is 9.26 Å². The largest absolute Gasteiger partial charge is 0.460 e. The zero-order valence-electron chi connectivity index (χ0n) is 21.6. The summed E-state index contributed by atoms with van der Waals surface area (Å²) in [6, 6.07) is 6.99. The van der Waals surface area contributed by atoms with Crippen LogP contribution in [0.3, 0.4) is 0 Å². The van der Waals surface area contributed by atoms with Crippen LogP contribution in [0.2, 0.25) is 0 Å². The maximum absolute atomic E-state index is 13.5. The van der Waals surface area contributed by atoms with Crippen molar-refractivity contribution in [2.24, 2.45) is 5.92 Å². The zero-order chi connectivity index (χ0) is 26.1. The van der Waals surface area contributed by atoms with Gasteiger partial charge in [-0.3, -0.25) is 9.78 Å². The molecular weight excluding hydrogens is 478 g/mol. The van der Waals surface area contributed by atoms with E-state index in [1.807, 2.05) is 40.7 Å². The van der Waals surface area contributed by atoms with Gasteiger partial charge >= 0.3 is 5.97 Å². The predicted octanol–water partition coefficient (Wildman–Crippen LogP) is 5.47. The van der Waals surface area contributed by atoms with Gasteiger partial charge in [0.2, 0.25) is 10.0 Å². The summed E-state index contributed by atoms with van der Waals surface area (Å²) in [4.78, 5) is 16.5. The highest BCUT2D eigenvalue weighted by Crippen LogP contribution is 2.36. The molecule has 2 heterocycles. The molecule has 1 fully saturated rings. The van der Waals surface area contributed by atoms with Crippen molar-refractivity contribution < 1.29 is 22.5 Å². The molecule has 1 N–H and O–H groups in total. The second-order valence-electron chi connectivity index (χ2n) is 10.7. The molecule has 0 spiro atoms. The lowest BCUT2D eigenvalue weighted by atomic mass is 9.78. The number of carbonyl (C=O) groups excluding carboxylic acids is 1. The van der Waals surface area contributed by atoms with Gasteiger partial charge in [-0.2, -0.15) is 0 Å². The van der Waals surface area contributed by atoms with Gasteiger partial charge in [0, 0.05) is 29.6 Å². The number of fused-ring (bicyclic) bond motifs is 1. The topological polar surface area (TPSA) is 111 Å². The normalized spacial score (nSPS) is 18.2. The summed E-state index contributed by atoms with van der Waals surface area (Å²) in [5.74, 6) is 0.929. The molecule has 1 saturated carbocycles. The summed E-state index contributed by atoms with van der Waals surface area (Å²) in [5.41, 5.74) is 2.35. The van der Waals surface area contributed by atoms with E-state index in [4.69, 9.17) is 9.26 Å². The molecule has 0 radical (unpaired) electrons. The third-order valence-corrected chi connectivity index (χ3v) is 8.08. The van der Waals surface area contributed by atoms with E-state index in [1.165, 1.54) is 0 Å². The van der Waals surface area contributed by atoms with E-state index in [2.05, 4.69) is 14.9 Å². The highest BCUT2D eigenvalue weighted by Gasteiger charge is 2.33. The van der Waals surface area contributed by atoms with Crippen LogP contribution in [0.1, 0.15) is 70.8 Å². The first-order chi connectivity index (χ1) is 16.9. The average molecular weight is 514 g/mol. The molecule has 194 valence electrons. The van der Waals surface area contributed by atoms with E-state index in [0.29, 0.717) is 40.3 Å². The number of ether oxygens (including phenoxy) is 1. The summed E-state index contributed by atoms with van der Waals surface area (Å²) in [6.07, 6.45) is 6.37. The number of pyridine rings is 1. The van der Waals surface area contributed by atoms with Crippen molar-refractivity contribution in [3.8, 4) is 11.1 Å². The second-order valence-corrected chi connectivity index (χ2v) is 12.4. The molecule has 2 aromatic heterocycles. The summed E-state index contributed by atoms with van der Waals surface area (Å²) in [5, 5.41) is 4.60. The van der Waals surface area contributed by atoms with Crippen LogP contribution in [0.15, 0.2) is 39.9 Å². The first kappa shape index (κ1) is 26.3. The molecule has 36 heavy (non-hydrogen) atoms. The minimum atomic E-state index is -3.77. The van der Waals surface area contributed by atoms with Crippen LogP contribution in [0.4, 0.5) is 0 Å². The Morgan fingerprint density at radius 1 is 1.19 bits per heavy atom. The van der Waals surface area contributed by atoms with Crippen molar-refractivity contribution in [3.05, 3.63) is 41.9 Å². The van der Waals surface area contributed by atoms with Crippen LogP contribution in [0.5, 0.6) is 0 Å². The number of esters is 1. The first-order valence-electron chi connectivity index (χ1n) is 12.5. The van der Waals surface area contributed by atoms with E-state index >= 15 is 0 Å². The number of carbonyl (C=O) groups is 1. The second kappa shape index (κ2) is 10.3. The highest BCUT2D eigenvalue weighted by atomic mass is 32.2.